The van der Waals surface area contributed by atoms with Gasteiger partial charge < -0.3 is 20.9 Å². The number of nitrogens with one attached hydrogen (secondary N) is 1. The average Bonchev–Trinajstić information content (AvgIpc) is 3.14. The molecule has 1 saturated carbocycles. The summed E-state index contributed by atoms with van der Waals surface area (Å²) in [6, 6.07) is 4.71. The third-order valence-corrected chi connectivity index (χ3v) is 2.76. The van der Waals surface area contributed by atoms with Crippen molar-refractivity contribution in [2.24, 2.45) is 0 Å². The maximum Gasteiger partial charge on any atom is 0.339 e. The molecule has 0 spiro atoms. The molecule has 1 aliphatic carbocycles. The SMILES string of the molecule is Nc1ccc(OCCC(=O)NC2CC2)c(C(=O)O)c1. The van der Waals surface area contributed by atoms with Gasteiger partial charge >= 0.3 is 5.97 Å². The van der Waals surface area contributed by atoms with Crippen molar-refractivity contribution in [1.82, 2.24) is 5.32 Å². The first-order valence-corrected chi connectivity index (χ1v) is 6.11. The number of nitrogens with two attached hydrogens (primary N) is 1. The Morgan fingerprint density at radius 3 is 2.79 bits per heavy atom. The van der Waals surface area contributed by atoms with E-state index in [1.54, 1.807) is 6.07 Å². The molecule has 102 valence electrons. The summed E-state index contributed by atoms with van der Waals surface area (Å²) in [4.78, 5) is 22.4. The number of amides is 1. The Hall–Kier alpha value is -2.24. The van der Waals surface area contributed by atoms with Crippen molar-refractivity contribution < 1.29 is 19.4 Å². The number of benzene rings is 1. The van der Waals surface area contributed by atoms with E-state index in [-0.39, 0.29) is 30.2 Å². The summed E-state index contributed by atoms with van der Waals surface area (Å²) in [5, 5.41) is 11.8. The van der Waals surface area contributed by atoms with Gasteiger partial charge in [0.1, 0.15) is 11.3 Å². The van der Waals surface area contributed by atoms with Gasteiger partial charge in [0.05, 0.1) is 13.0 Å². The van der Waals surface area contributed by atoms with Crippen LogP contribution in [0.3, 0.4) is 0 Å². The van der Waals surface area contributed by atoms with Crippen LogP contribution in [0, 0.1) is 0 Å². The minimum Gasteiger partial charge on any atom is -0.492 e. The number of carbonyl (C=O) groups excluding carboxylic acids is 1. The Labute approximate surface area is 110 Å². The zero-order valence-corrected chi connectivity index (χ0v) is 10.4. The summed E-state index contributed by atoms with van der Waals surface area (Å²) in [6.07, 6.45) is 2.28. The van der Waals surface area contributed by atoms with Crippen molar-refractivity contribution in [3.8, 4) is 5.75 Å². The van der Waals surface area contributed by atoms with Crippen LogP contribution >= 0.6 is 0 Å². The van der Waals surface area contributed by atoms with Gasteiger partial charge in [-0.2, -0.15) is 0 Å². The lowest BCUT2D eigenvalue weighted by Gasteiger charge is -2.09. The van der Waals surface area contributed by atoms with E-state index in [4.69, 9.17) is 15.6 Å². The number of ether oxygens (including phenoxy) is 1. The number of carbonyl (C=O) groups is 2. The molecule has 0 atom stereocenters. The molecule has 1 aliphatic rings. The Balaban J connectivity index is 1.87. The van der Waals surface area contributed by atoms with Crippen LogP contribution in [0.1, 0.15) is 29.6 Å². The lowest BCUT2D eigenvalue weighted by molar-refractivity contribution is -0.121. The molecule has 0 unspecified atom stereocenters. The largest absolute Gasteiger partial charge is 0.492 e. The minimum atomic E-state index is -1.11. The predicted octanol–water partition coefficient (Wildman–Crippen LogP) is 1.01. The maximum atomic E-state index is 11.4. The molecular formula is C13H16N2O4. The van der Waals surface area contributed by atoms with Gasteiger partial charge in [-0.1, -0.05) is 0 Å². The number of anilines is 1. The van der Waals surface area contributed by atoms with Crippen LogP contribution < -0.4 is 15.8 Å². The van der Waals surface area contributed by atoms with Gasteiger partial charge in [0.2, 0.25) is 5.91 Å². The second-order valence-electron chi connectivity index (χ2n) is 4.50. The topological polar surface area (TPSA) is 102 Å². The van der Waals surface area contributed by atoms with E-state index in [1.807, 2.05) is 0 Å². The monoisotopic (exact) mass is 264 g/mol. The van der Waals surface area contributed by atoms with Crippen LogP contribution in [0.4, 0.5) is 5.69 Å². The van der Waals surface area contributed by atoms with Gasteiger partial charge in [-0.25, -0.2) is 4.79 Å². The van der Waals surface area contributed by atoms with Crippen LogP contribution in [-0.4, -0.2) is 29.6 Å². The molecule has 2 rings (SSSR count). The number of carboxylic acids is 1. The van der Waals surface area contributed by atoms with E-state index in [2.05, 4.69) is 5.32 Å². The Bertz CT molecular complexity index is 497. The lowest BCUT2D eigenvalue weighted by atomic mass is 10.2. The molecule has 19 heavy (non-hydrogen) atoms. The van der Waals surface area contributed by atoms with Gasteiger partial charge in [-0.05, 0) is 31.0 Å². The van der Waals surface area contributed by atoms with Crippen LogP contribution in [0.5, 0.6) is 5.75 Å². The fourth-order valence-corrected chi connectivity index (χ4v) is 1.62. The molecule has 1 amide bonds. The molecule has 0 radical (unpaired) electrons. The van der Waals surface area contributed by atoms with Crippen molar-refractivity contribution >= 4 is 17.6 Å². The smallest absolute Gasteiger partial charge is 0.339 e. The second kappa shape index (κ2) is 5.60. The van der Waals surface area contributed by atoms with E-state index >= 15 is 0 Å². The van der Waals surface area contributed by atoms with Gasteiger partial charge in [0.25, 0.3) is 0 Å². The highest BCUT2D eigenvalue weighted by atomic mass is 16.5. The van der Waals surface area contributed by atoms with Crippen LogP contribution in [0.15, 0.2) is 18.2 Å². The zero-order valence-electron chi connectivity index (χ0n) is 10.4. The minimum absolute atomic E-state index is 0.00241. The highest BCUT2D eigenvalue weighted by molar-refractivity contribution is 5.92. The molecule has 0 aliphatic heterocycles. The molecule has 4 N–H and O–H groups in total. The summed E-state index contributed by atoms with van der Waals surface area (Å²) in [7, 11) is 0. The molecule has 0 heterocycles. The third kappa shape index (κ3) is 3.87. The molecule has 1 fully saturated rings. The van der Waals surface area contributed by atoms with Crippen molar-refractivity contribution in [2.45, 2.75) is 25.3 Å². The summed E-state index contributed by atoms with van der Waals surface area (Å²) in [5.41, 5.74) is 5.88. The van der Waals surface area contributed by atoms with Gasteiger partial charge in [-0.15, -0.1) is 0 Å². The number of hydrogen-bond donors (Lipinski definition) is 3. The predicted molar refractivity (Wildman–Crippen MR) is 69.1 cm³/mol. The van der Waals surface area contributed by atoms with E-state index in [1.165, 1.54) is 12.1 Å². The van der Waals surface area contributed by atoms with E-state index < -0.39 is 5.97 Å². The van der Waals surface area contributed by atoms with Crippen LogP contribution in [0.2, 0.25) is 0 Å². The molecule has 1 aromatic rings. The molecule has 0 saturated heterocycles. The van der Waals surface area contributed by atoms with Gasteiger partial charge in [0.15, 0.2) is 0 Å². The van der Waals surface area contributed by atoms with Crippen LogP contribution in [0.25, 0.3) is 0 Å². The van der Waals surface area contributed by atoms with Crippen molar-refractivity contribution in [2.75, 3.05) is 12.3 Å². The molecule has 6 heteroatoms. The van der Waals surface area contributed by atoms with Crippen molar-refractivity contribution in [3.05, 3.63) is 23.8 Å². The maximum absolute atomic E-state index is 11.4. The third-order valence-electron chi connectivity index (χ3n) is 2.76. The number of nitrogen functional groups attached to an aromatic ring is 1. The van der Waals surface area contributed by atoms with Crippen LogP contribution in [-0.2, 0) is 4.79 Å². The fraction of sp³-hybridized carbons (Fsp3) is 0.385. The quantitative estimate of drug-likeness (QED) is 0.666. The Morgan fingerprint density at radius 1 is 1.42 bits per heavy atom. The fourth-order valence-electron chi connectivity index (χ4n) is 1.62. The summed E-state index contributed by atoms with van der Waals surface area (Å²) >= 11 is 0. The Morgan fingerprint density at radius 2 is 2.16 bits per heavy atom. The van der Waals surface area contributed by atoms with Crippen molar-refractivity contribution in [3.63, 3.8) is 0 Å². The highest BCUT2D eigenvalue weighted by Gasteiger charge is 2.23. The first-order valence-electron chi connectivity index (χ1n) is 6.11. The molecule has 0 bridgehead atoms. The zero-order chi connectivity index (χ0) is 13.8. The number of aromatic carboxylic acids is 1. The molecule has 6 nitrogen and oxygen atoms in total. The van der Waals surface area contributed by atoms with E-state index in [0.717, 1.165) is 12.8 Å². The number of carboxylic acid groups (broad SMARTS) is 1. The van der Waals surface area contributed by atoms with E-state index in [9.17, 15) is 9.59 Å². The molecule has 0 aromatic heterocycles. The van der Waals surface area contributed by atoms with E-state index in [0.29, 0.717) is 11.7 Å². The highest BCUT2D eigenvalue weighted by Crippen LogP contribution is 2.22. The summed E-state index contributed by atoms with van der Waals surface area (Å²) < 4.78 is 5.33. The standard InChI is InChI=1S/C13H16N2O4/c14-8-1-4-11(10(7-8)13(17)18)19-6-5-12(16)15-9-2-3-9/h1,4,7,9H,2-3,5-6,14H2,(H,15,16)(H,17,18). The molecule has 1 aromatic carbocycles. The lowest BCUT2D eigenvalue weighted by Crippen LogP contribution is -2.26. The molecular weight excluding hydrogens is 248 g/mol. The Kier molecular flexibility index (Phi) is 3.89. The summed E-state index contributed by atoms with van der Waals surface area (Å²) in [6.45, 7) is 0.142. The summed E-state index contributed by atoms with van der Waals surface area (Å²) in [5.74, 6) is -0.958. The normalized spacial score (nSPS) is 13.9. The number of rotatable bonds is 6. The van der Waals surface area contributed by atoms with Gasteiger partial charge in [0, 0.05) is 11.7 Å². The average molecular weight is 264 g/mol. The first kappa shape index (κ1) is 13.2. The van der Waals surface area contributed by atoms with Gasteiger partial charge in [-0.3, -0.25) is 4.79 Å². The second-order valence-corrected chi connectivity index (χ2v) is 4.50. The number of hydrogen-bond acceptors (Lipinski definition) is 4. The first-order chi connectivity index (χ1) is 9.06. The van der Waals surface area contributed by atoms with Crippen molar-refractivity contribution in [1.29, 1.82) is 0 Å².